The van der Waals surface area contributed by atoms with Gasteiger partial charge in [0.25, 0.3) is 0 Å². The minimum Gasteiger partial charge on any atom is -0.397 e. The number of rotatable bonds is 7. The lowest BCUT2D eigenvalue weighted by Crippen LogP contribution is -2.55. The van der Waals surface area contributed by atoms with Crippen molar-refractivity contribution in [2.75, 3.05) is 65.1 Å². The Hall–Kier alpha value is -3.55. The van der Waals surface area contributed by atoms with Gasteiger partial charge in [-0.3, -0.25) is 19.1 Å². The number of hydrogen-bond donors (Lipinski definition) is 2. The topological polar surface area (TPSA) is 111 Å². The van der Waals surface area contributed by atoms with E-state index in [9.17, 15) is 27.6 Å². The lowest BCUT2D eigenvalue weighted by Gasteiger charge is -2.43. The van der Waals surface area contributed by atoms with Gasteiger partial charge in [-0.05, 0) is 82.1 Å². The molecule has 0 bridgehead atoms. The molecule has 2 amide bonds. The quantitative estimate of drug-likeness (QED) is 0.360. The first-order valence-electron chi connectivity index (χ1n) is 16.7. The molecule has 6 rings (SSSR count). The molecule has 1 atom stereocenters. The first-order valence-corrected chi connectivity index (χ1v) is 17.1. The smallest absolute Gasteiger partial charge is 0.397 e. The summed E-state index contributed by atoms with van der Waals surface area (Å²) in [7, 11) is 2.12. The lowest BCUT2D eigenvalue weighted by atomic mass is 9.91. The number of benzene rings is 2. The molecule has 10 nitrogen and oxygen atoms in total. The first kappa shape index (κ1) is 34.3. The van der Waals surface area contributed by atoms with Crippen LogP contribution >= 0.6 is 11.6 Å². The van der Waals surface area contributed by atoms with Crippen LogP contribution in [0.2, 0.25) is 5.02 Å². The van der Waals surface area contributed by atoms with Crippen molar-refractivity contribution < 1.29 is 22.8 Å². The summed E-state index contributed by atoms with van der Waals surface area (Å²) in [5.74, 6) is -1.35. The molecule has 4 heterocycles. The largest absolute Gasteiger partial charge is 0.418 e. The molecule has 0 radical (unpaired) electrons. The molecule has 1 aromatic heterocycles. The van der Waals surface area contributed by atoms with Gasteiger partial charge >= 0.3 is 11.9 Å². The van der Waals surface area contributed by atoms with Gasteiger partial charge in [-0.15, -0.1) is 0 Å². The maximum absolute atomic E-state index is 14.1. The number of imidazole rings is 1. The minimum absolute atomic E-state index is 0.0793. The normalized spacial score (nSPS) is 20.0. The molecule has 0 saturated carbocycles. The van der Waals surface area contributed by atoms with E-state index in [1.807, 2.05) is 24.3 Å². The molecule has 3 aliphatic rings. The Morgan fingerprint density at radius 1 is 0.938 bits per heavy atom. The van der Waals surface area contributed by atoms with E-state index < -0.39 is 23.3 Å². The molecule has 3 saturated heterocycles. The zero-order chi connectivity index (χ0) is 34.2. The van der Waals surface area contributed by atoms with E-state index in [4.69, 9.17) is 17.3 Å². The summed E-state index contributed by atoms with van der Waals surface area (Å²) in [5.41, 5.74) is 5.64. The summed E-state index contributed by atoms with van der Waals surface area (Å²) in [6.45, 7) is 5.30. The summed E-state index contributed by atoms with van der Waals surface area (Å²) >= 11 is 6.14. The molecule has 0 spiro atoms. The second-order valence-electron chi connectivity index (χ2n) is 13.5. The first-order chi connectivity index (χ1) is 22.9. The van der Waals surface area contributed by atoms with Gasteiger partial charge in [-0.2, -0.15) is 13.2 Å². The van der Waals surface area contributed by atoms with Crippen molar-refractivity contribution in [3.63, 3.8) is 0 Å². The van der Waals surface area contributed by atoms with Crippen LogP contribution in [-0.4, -0.2) is 106 Å². The highest BCUT2D eigenvalue weighted by Gasteiger charge is 2.37. The Labute approximate surface area is 282 Å². The number of carbonyl (C=O) groups is 2. The van der Waals surface area contributed by atoms with Crippen LogP contribution in [0, 0.1) is 5.92 Å². The van der Waals surface area contributed by atoms with Crippen LogP contribution in [0.15, 0.2) is 41.2 Å². The lowest BCUT2D eigenvalue weighted by molar-refractivity contribution is -0.143. The van der Waals surface area contributed by atoms with Crippen molar-refractivity contribution in [1.82, 2.24) is 29.2 Å². The molecule has 3 aromatic rings. The predicted molar refractivity (Wildman–Crippen MR) is 179 cm³/mol. The molecule has 2 aromatic carbocycles. The van der Waals surface area contributed by atoms with Crippen LogP contribution in [0.4, 0.5) is 18.9 Å². The molecular weight excluding hydrogens is 647 g/mol. The number of amides is 2. The van der Waals surface area contributed by atoms with Gasteiger partial charge < -0.3 is 25.4 Å². The van der Waals surface area contributed by atoms with E-state index in [-0.39, 0.29) is 47.0 Å². The second kappa shape index (κ2) is 14.1. The number of nitrogens with one attached hydrogen (secondary N) is 1. The Balaban J connectivity index is 1.16. The highest BCUT2D eigenvalue weighted by molar-refractivity contribution is 6.33. The number of piperidine rings is 2. The van der Waals surface area contributed by atoms with Gasteiger partial charge in [-0.25, -0.2) is 4.79 Å². The summed E-state index contributed by atoms with van der Waals surface area (Å²) in [5, 5.41) is -0.237. The van der Waals surface area contributed by atoms with Gasteiger partial charge in [0.05, 0.1) is 33.2 Å². The number of alkyl halides is 3. The fourth-order valence-electron chi connectivity index (χ4n) is 7.63. The van der Waals surface area contributed by atoms with Gasteiger partial charge in [0.15, 0.2) is 0 Å². The number of fused-ring (bicyclic) bond motifs is 1. The summed E-state index contributed by atoms with van der Waals surface area (Å²) in [6, 6.07) is 10.2. The number of anilines is 1. The number of aromatic amines is 1. The summed E-state index contributed by atoms with van der Waals surface area (Å²) < 4.78 is 43.1. The third-order valence-corrected chi connectivity index (χ3v) is 10.7. The van der Waals surface area contributed by atoms with Crippen molar-refractivity contribution in [2.24, 2.45) is 5.92 Å². The van der Waals surface area contributed by atoms with Crippen LogP contribution in [0.25, 0.3) is 11.0 Å². The van der Waals surface area contributed by atoms with Crippen molar-refractivity contribution in [3.05, 3.63) is 63.0 Å². The van der Waals surface area contributed by atoms with Gasteiger partial charge in [0.2, 0.25) is 11.8 Å². The number of piperazine rings is 1. The number of likely N-dealkylation sites (tertiary alicyclic amines) is 2. The zero-order valence-corrected chi connectivity index (χ0v) is 27.9. The van der Waals surface area contributed by atoms with Gasteiger partial charge in [-0.1, -0.05) is 23.7 Å². The van der Waals surface area contributed by atoms with Crippen molar-refractivity contribution >= 4 is 40.1 Å². The average molecular weight is 690 g/mol. The fourth-order valence-corrected chi connectivity index (χ4v) is 7.88. The number of para-hydroxylation sites is 2. The van der Waals surface area contributed by atoms with Crippen molar-refractivity contribution in [1.29, 1.82) is 0 Å². The Kier molecular flexibility index (Phi) is 10.1. The number of carbonyl (C=O) groups excluding carboxylic acids is 2. The fraction of sp³-hybridized carbons (Fsp3) is 0.559. The SMILES string of the molecule is CN1CCC(N2CCN(C(=O)[C@H](CC(=O)N3CCC(n4c(=O)[nH]c5ccccc54)CC3)Cc3cc(Cl)c(N)c(C(F)(F)F)c3)CC2)CC1. The minimum atomic E-state index is -4.72. The van der Waals surface area contributed by atoms with E-state index in [1.54, 1.807) is 14.4 Å². The monoisotopic (exact) mass is 689 g/mol. The van der Waals surface area contributed by atoms with E-state index in [2.05, 4.69) is 21.8 Å². The Morgan fingerprint density at radius 2 is 1.58 bits per heavy atom. The molecular formula is C34H43ClF3N7O3. The van der Waals surface area contributed by atoms with Crippen molar-refractivity contribution in [2.45, 2.75) is 56.8 Å². The number of nitrogens with zero attached hydrogens (tertiary/aromatic N) is 5. The Morgan fingerprint density at radius 3 is 2.25 bits per heavy atom. The number of H-pyrrole nitrogens is 1. The van der Waals surface area contributed by atoms with Gasteiger partial charge in [0, 0.05) is 57.8 Å². The maximum Gasteiger partial charge on any atom is 0.418 e. The maximum atomic E-state index is 14.1. The van der Waals surface area contributed by atoms with Crippen LogP contribution in [-0.2, 0) is 22.2 Å². The molecule has 0 aliphatic carbocycles. The molecule has 3 fully saturated rings. The van der Waals surface area contributed by atoms with Crippen LogP contribution in [0.5, 0.6) is 0 Å². The average Bonchev–Trinajstić information content (AvgIpc) is 3.41. The second-order valence-corrected chi connectivity index (χ2v) is 13.9. The standard InChI is InChI=1S/C34H43ClF3N7O3/c1-41-10-6-24(7-11-41)42-14-16-44(17-15-42)32(47)23(18-22-19-26(34(36,37)38)31(39)27(35)20-22)21-30(46)43-12-8-25(9-13-43)45-29-5-3-2-4-28(29)40-33(45)48/h2-5,19-20,23-25H,6-18,21,39H2,1H3,(H,40,48)/t23-/m0/s1. The number of hydrogen-bond acceptors (Lipinski definition) is 6. The Bertz CT molecular complexity index is 1690. The molecule has 14 heteroatoms. The number of aromatic nitrogens is 2. The summed E-state index contributed by atoms with van der Waals surface area (Å²) in [6.07, 6.45) is -1.67. The molecule has 0 unspecified atom stereocenters. The highest BCUT2D eigenvalue weighted by Crippen LogP contribution is 2.38. The molecule has 3 aliphatic heterocycles. The van der Waals surface area contributed by atoms with E-state index in [1.165, 1.54) is 6.07 Å². The summed E-state index contributed by atoms with van der Waals surface area (Å²) in [4.78, 5) is 51.6. The van der Waals surface area contributed by atoms with Crippen LogP contribution in [0.1, 0.15) is 49.3 Å². The van der Waals surface area contributed by atoms with Crippen LogP contribution < -0.4 is 11.4 Å². The third-order valence-electron chi connectivity index (χ3n) is 10.4. The van der Waals surface area contributed by atoms with Gasteiger partial charge in [0.1, 0.15) is 0 Å². The number of nitrogens with two attached hydrogens (primary N) is 1. The van der Waals surface area contributed by atoms with E-state index in [0.717, 1.165) is 43.0 Å². The molecule has 3 N–H and O–H groups in total. The predicted octanol–water partition coefficient (Wildman–Crippen LogP) is 4.23. The third kappa shape index (κ3) is 7.37. The zero-order valence-electron chi connectivity index (χ0n) is 27.1. The van der Waals surface area contributed by atoms with E-state index >= 15 is 0 Å². The molecule has 48 heavy (non-hydrogen) atoms. The van der Waals surface area contributed by atoms with Crippen molar-refractivity contribution in [3.8, 4) is 0 Å². The molecule has 260 valence electrons. The number of halogens is 4. The number of nitrogen functional groups attached to an aromatic ring is 1. The van der Waals surface area contributed by atoms with E-state index in [0.29, 0.717) is 58.2 Å². The van der Waals surface area contributed by atoms with Crippen LogP contribution in [0.3, 0.4) is 0 Å². The highest BCUT2D eigenvalue weighted by atomic mass is 35.5.